The molecule has 0 amide bonds. The Morgan fingerprint density at radius 1 is 1.11 bits per heavy atom. The number of para-hydroxylation sites is 1. The number of nitrogens with one attached hydrogen (secondary N) is 2. The fourth-order valence-corrected chi connectivity index (χ4v) is 3.30. The molecule has 2 N–H and O–H groups in total. The first-order valence-electron chi connectivity index (χ1n) is 8.48. The number of nitrogens with zero attached hydrogens (tertiary/aromatic N) is 1. The van der Waals surface area contributed by atoms with Gasteiger partial charge in [-0.2, -0.15) is 5.26 Å². The molecule has 0 atom stereocenters. The molecule has 0 aliphatic carbocycles. The van der Waals surface area contributed by atoms with Crippen LogP contribution in [0.5, 0.6) is 0 Å². The van der Waals surface area contributed by atoms with Crippen molar-refractivity contribution < 1.29 is 9.53 Å². The zero-order valence-electron chi connectivity index (χ0n) is 14.5. The lowest BCUT2D eigenvalue weighted by Gasteiger charge is -2.10. The lowest BCUT2D eigenvalue weighted by Crippen LogP contribution is -2.21. The molecule has 2 heterocycles. The highest BCUT2D eigenvalue weighted by Gasteiger charge is 2.24. The molecule has 6 heteroatoms. The Morgan fingerprint density at radius 3 is 2.70 bits per heavy atom. The molecule has 6 nitrogen and oxygen atoms in total. The molecule has 0 radical (unpaired) electrons. The summed E-state index contributed by atoms with van der Waals surface area (Å²) in [7, 11) is 0. The molecular formula is C21H15N3O3. The van der Waals surface area contributed by atoms with E-state index in [1.54, 1.807) is 31.2 Å². The molecule has 0 aliphatic heterocycles. The molecule has 0 saturated carbocycles. The van der Waals surface area contributed by atoms with E-state index < -0.39 is 11.5 Å². The number of rotatable bonds is 3. The zero-order chi connectivity index (χ0) is 19.0. The smallest absolute Gasteiger partial charge is 0.344 e. The summed E-state index contributed by atoms with van der Waals surface area (Å²) in [6.07, 6.45) is 0. The lowest BCUT2D eigenvalue weighted by molar-refractivity contribution is 0.0525. The van der Waals surface area contributed by atoms with E-state index in [1.807, 2.05) is 24.3 Å². The largest absolute Gasteiger partial charge is 0.462 e. The van der Waals surface area contributed by atoms with Crippen LogP contribution in [0.2, 0.25) is 0 Å². The number of hydrogen-bond donors (Lipinski definition) is 2. The number of carbonyl (C=O) groups is 1. The van der Waals surface area contributed by atoms with Crippen LogP contribution in [-0.2, 0) is 4.74 Å². The van der Waals surface area contributed by atoms with Crippen molar-refractivity contribution in [2.75, 3.05) is 6.61 Å². The van der Waals surface area contributed by atoms with Gasteiger partial charge in [0.25, 0.3) is 5.56 Å². The van der Waals surface area contributed by atoms with Crippen LogP contribution >= 0.6 is 0 Å². The summed E-state index contributed by atoms with van der Waals surface area (Å²) in [5, 5.41) is 10.1. The van der Waals surface area contributed by atoms with Gasteiger partial charge >= 0.3 is 5.97 Å². The van der Waals surface area contributed by atoms with Crippen molar-refractivity contribution >= 4 is 27.9 Å². The SMILES string of the molecule is CCOC(=O)c1c(-c2cccc(C#N)c2)c2[nH]c3ccccc3c2[nH]c1=O. The number of nitriles is 1. The standard InChI is InChI=1S/C21H15N3O3/c1-2-27-21(26)17-16(13-7-5-6-12(10-13)11-22)19-18(24-20(17)25)14-8-3-4-9-15(14)23-19/h3-10,23H,2H2,1H3,(H,24,25). The number of hydrogen-bond acceptors (Lipinski definition) is 4. The van der Waals surface area contributed by atoms with Gasteiger partial charge in [-0.25, -0.2) is 4.79 Å². The second-order valence-electron chi connectivity index (χ2n) is 6.04. The molecule has 2 aromatic carbocycles. The highest BCUT2D eigenvalue weighted by molar-refractivity contribution is 6.13. The molecule has 0 bridgehead atoms. The van der Waals surface area contributed by atoms with Crippen LogP contribution in [-0.4, -0.2) is 22.5 Å². The number of esters is 1. The van der Waals surface area contributed by atoms with E-state index in [1.165, 1.54) is 0 Å². The Balaban J connectivity index is 2.17. The Morgan fingerprint density at radius 2 is 1.93 bits per heavy atom. The van der Waals surface area contributed by atoms with Gasteiger partial charge in [-0.3, -0.25) is 4.79 Å². The normalized spacial score (nSPS) is 10.8. The summed E-state index contributed by atoms with van der Waals surface area (Å²) in [5.41, 5.74) is 2.93. The summed E-state index contributed by atoms with van der Waals surface area (Å²) >= 11 is 0. The quantitative estimate of drug-likeness (QED) is 0.546. The number of carbonyl (C=O) groups excluding carboxylic acids is 1. The van der Waals surface area contributed by atoms with Gasteiger partial charge in [-0.1, -0.05) is 30.3 Å². The fraction of sp³-hybridized carbons (Fsp3) is 0.0952. The first kappa shape index (κ1) is 16.6. The van der Waals surface area contributed by atoms with Crippen LogP contribution in [0.4, 0.5) is 0 Å². The van der Waals surface area contributed by atoms with E-state index in [0.717, 1.165) is 10.9 Å². The van der Waals surface area contributed by atoms with Crippen LogP contribution in [0.1, 0.15) is 22.8 Å². The first-order valence-corrected chi connectivity index (χ1v) is 8.48. The third-order valence-corrected chi connectivity index (χ3v) is 4.43. The van der Waals surface area contributed by atoms with Gasteiger partial charge in [-0.05, 0) is 30.7 Å². The van der Waals surface area contributed by atoms with Crippen LogP contribution in [0, 0.1) is 11.3 Å². The molecule has 4 rings (SSSR count). The van der Waals surface area contributed by atoms with Gasteiger partial charge in [0.15, 0.2) is 0 Å². The van der Waals surface area contributed by atoms with Crippen molar-refractivity contribution in [1.29, 1.82) is 5.26 Å². The van der Waals surface area contributed by atoms with Crippen LogP contribution in [0.3, 0.4) is 0 Å². The van der Waals surface area contributed by atoms with Crippen molar-refractivity contribution in [1.82, 2.24) is 9.97 Å². The third kappa shape index (κ3) is 2.66. The van der Waals surface area contributed by atoms with E-state index in [-0.39, 0.29) is 12.2 Å². The molecule has 0 fully saturated rings. The van der Waals surface area contributed by atoms with E-state index >= 15 is 0 Å². The Hall–Kier alpha value is -3.85. The maximum Gasteiger partial charge on any atom is 0.344 e. The number of pyridine rings is 1. The minimum absolute atomic E-state index is 0.0778. The predicted molar refractivity (Wildman–Crippen MR) is 103 cm³/mol. The molecule has 0 aliphatic rings. The van der Waals surface area contributed by atoms with E-state index in [2.05, 4.69) is 16.0 Å². The molecule has 0 saturated heterocycles. The molecule has 0 spiro atoms. The van der Waals surface area contributed by atoms with E-state index in [4.69, 9.17) is 4.74 Å². The molecule has 132 valence electrons. The molecular weight excluding hydrogens is 342 g/mol. The number of ether oxygens (including phenoxy) is 1. The second-order valence-corrected chi connectivity index (χ2v) is 6.04. The Kier molecular flexibility index (Phi) is 3.98. The van der Waals surface area contributed by atoms with E-state index in [9.17, 15) is 14.9 Å². The Labute approximate surface area is 154 Å². The zero-order valence-corrected chi connectivity index (χ0v) is 14.5. The summed E-state index contributed by atoms with van der Waals surface area (Å²) < 4.78 is 5.11. The van der Waals surface area contributed by atoms with Gasteiger partial charge in [0.1, 0.15) is 5.56 Å². The van der Waals surface area contributed by atoms with Crippen LogP contribution in [0.15, 0.2) is 53.3 Å². The topological polar surface area (TPSA) is 98.7 Å². The average Bonchev–Trinajstić information content (AvgIpc) is 3.05. The highest BCUT2D eigenvalue weighted by Crippen LogP contribution is 2.33. The fourth-order valence-electron chi connectivity index (χ4n) is 3.30. The second kappa shape index (κ2) is 6.46. The maximum absolute atomic E-state index is 12.8. The van der Waals surface area contributed by atoms with Crippen LogP contribution < -0.4 is 5.56 Å². The first-order chi connectivity index (χ1) is 13.1. The molecule has 27 heavy (non-hydrogen) atoms. The van der Waals surface area contributed by atoms with Crippen molar-refractivity contribution in [2.45, 2.75) is 6.92 Å². The lowest BCUT2D eigenvalue weighted by atomic mass is 9.98. The van der Waals surface area contributed by atoms with Gasteiger partial charge in [0, 0.05) is 16.5 Å². The number of benzene rings is 2. The number of aromatic amines is 2. The minimum Gasteiger partial charge on any atom is -0.462 e. The average molecular weight is 357 g/mol. The van der Waals surface area contributed by atoms with Gasteiger partial charge in [0.2, 0.25) is 0 Å². The highest BCUT2D eigenvalue weighted by atomic mass is 16.5. The maximum atomic E-state index is 12.8. The Bertz CT molecular complexity index is 1290. The van der Waals surface area contributed by atoms with Gasteiger partial charge < -0.3 is 14.7 Å². The monoisotopic (exact) mass is 357 g/mol. The van der Waals surface area contributed by atoms with Crippen molar-refractivity contribution in [3.05, 3.63) is 70.0 Å². The molecule has 0 unspecified atom stereocenters. The van der Waals surface area contributed by atoms with Gasteiger partial charge in [-0.15, -0.1) is 0 Å². The number of aromatic nitrogens is 2. The summed E-state index contributed by atoms with van der Waals surface area (Å²) in [6, 6.07) is 16.5. The molecule has 4 aromatic rings. The minimum atomic E-state index is -0.698. The van der Waals surface area contributed by atoms with Crippen LogP contribution in [0.25, 0.3) is 33.1 Å². The summed E-state index contributed by atoms with van der Waals surface area (Å²) in [5.74, 6) is -0.698. The van der Waals surface area contributed by atoms with Crippen molar-refractivity contribution in [2.24, 2.45) is 0 Å². The van der Waals surface area contributed by atoms with Crippen molar-refractivity contribution in [3.63, 3.8) is 0 Å². The predicted octanol–water partition coefficient (Wildman–Crippen LogP) is 3.72. The number of H-pyrrole nitrogens is 2. The third-order valence-electron chi connectivity index (χ3n) is 4.43. The number of fused-ring (bicyclic) bond motifs is 3. The summed E-state index contributed by atoms with van der Waals surface area (Å²) in [6.45, 7) is 1.84. The van der Waals surface area contributed by atoms with E-state index in [0.29, 0.717) is 27.7 Å². The van der Waals surface area contributed by atoms with Crippen molar-refractivity contribution in [3.8, 4) is 17.2 Å². The summed E-state index contributed by atoms with van der Waals surface area (Å²) in [4.78, 5) is 31.4. The van der Waals surface area contributed by atoms with Gasteiger partial charge in [0.05, 0.1) is 29.3 Å². The molecule has 2 aromatic heterocycles.